The van der Waals surface area contributed by atoms with Gasteiger partial charge in [-0.15, -0.1) is 5.10 Å². The van der Waals surface area contributed by atoms with Gasteiger partial charge in [-0.2, -0.15) is 0 Å². The molecule has 0 bridgehead atoms. The molecule has 3 rings (SSSR count). The van der Waals surface area contributed by atoms with Crippen LogP contribution in [-0.4, -0.2) is 51.7 Å². The second-order valence-electron chi connectivity index (χ2n) is 4.87. The van der Waals surface area contributed by atoms with Gasteiger partial charge in [-0.3, -0.25) is 9.89 Å². The molecule has 1 aromatic rings. The molecule has 1 amide bonds. The summed E-state index contributed by atoms with van der Waals surface area (Å²) in [5, 5.41) is 10.2. The molecule has 1 aliphatic heterocycles. The van der Waals surface area contributed by atoms with Crippen LogP contribution in [0.5, 0.6) is 0 Å². The molecule has 1 saturated carbocycles. The maximum absolute atomic E-state index is 12.2. The molecule has 6 nitrogen and oxygen atoms in total. The first kappa shape index (κ1) is 10.7. The lowest BCUT2D eigenvalue weighted by Gasteiger charge is -2.33. The molecule has 2 heterocycles. The number of amides is 1. The summed E-state index contributed by atoms with van der Waals surface area (Å²) in [6, 6.07) is 0.208. The average Bonchev–Trinajstić information content (AvgIpc) is 3.07. The van der Waals surface area contributed by atoms with Crippen molar-refractivity contribution in [1.82, 2.24) is 25.4 Å². The van der Waals surface area contributed by atoms with Crippen LogP contribution in [0, 0.1) is 0 Å². The van der Waals surface area contributed by atoms with Crippen molar-refractivity contribution in [3.05, 3.63) is 11.6 Å². The van der Waals surface area contributed by atoms with E-state index in [4.69, 9.17) is 0 Å². The normalized spacial score (nSPS) is 25.0. The van der Waals surface area contributed by atoms with Gasteiger partial charge in [0.05, 0.1) is 0 Å². The van der Waals surface area contributed by atoms with Crippen LogP contribution in [0.15, 0.2) is 0 Å². The second-order valence-corrected chi connectivity index (χ2v) is 4.87. The number of carbonyl (C=O) groups excluding carboxylic acids is 1. The lowest BCUT2D eigenvalue weighted by atomic mass is 10.2. The Morgan fingerprint density at radius 2 is 2.29 bits per heavy atom. The standard InChI is InChI=1S/C11H17N5O/c1-7-6-12-4-5-16(7)11(17)10-13-9(14-15-10)8-2-3-8/h7-8,12H,2-6H2,1H3,(H,13,14,15)/t7-/m0/s1. The second kappa shape index (κ2) is 4.10. The van der Waals surface area contributed by atoms with E-state index >= 15 is 0 Å². The molecule has 0 spiro atoms. The third kappa shape index (κ3) is 2.04. The maximum Gasteiger partial charge on any atom is 0.293 e. The minimum absolute atomic E-state index is 0.0536. The van der Waals surface area contributed by atoms with Crippen LogP contribution in [0.25, 0.3) is 0 Å². The van der Waals surface area contributed by atoms with E-state index in [-0.39, 0.29) is 11.9 Å². The first-order chi connectivity index (χ1) is 8.25. The molecule has 0 unspecified atom stereocenters. The van der Waals surface area contributed by atoms with Gasteiger partial charge in [-0.05, 0) is 19.8 Å². The molecule has 2 aliphatic rings. The van der Waals surface area contributed by atoms with Crippen LogP contribution >= 0.6 is 0 Å². The summed E-state index contributed by atoms with van der Waals surface area (Å²) in [5.74, 6) is 1.64. The van der Waals surface area contributed by atoms with Gasteiger partial charge >= 0.3 is 0 Å². The number of aromatic amines is 1. The Hall–Kier alpha value is -1.43. The van der Waals surface area contributed by atoms with Gasteiger partial charge < -0.3 is 10.2 Å². The average molecular weight is 235 g/mol. The van der Waals surface area contributed by atoms with Crippen molar-refractivity contribution in [2.24, 2.45) is 0 Å². The highest BCUT2D eigenvalue weighted by Crippen LogP contribution is 2.37. The van der Waals surface area contributed by atoms with Crippen molar-refractivity contribution in [2.75, 3.05) is 19.6 Å². The first-order valence-corrected chi connectivity index (χ1v) is 6.19. The number of hydrogen-bond donors (Lipinski definition) is 2. The van der Waals surface area contributed by atoms with Crippen LogP contribution in [-0.2, 0) is 0 Å². The van der Waals surface area contributed by atoms with Gasteiger partial charge in [-0.25, -0.2) is 4.98 Å². The highest BCUT2D eigenvalue weighted by molar-refractivity contribution is 5.90. The van der Waals surface area contributed by atoms with Crippen molar-refractivity contribution in [3.8, 4) is 0 Å². The summed E-state index contributed by atoms with van der Waals surface area (Å²) < 4.78 is 0. The number of hydrogen-bond acceptors (Lipinski definition) is 4. The van der Waals surface area contributed by atoms with Crippen LogP contribution in [0.4, 0.5) is 0 Å². The summed E-state index contributed by atoms with van der Waals surface area (Å²) in [6.07, 6.45) is 2.32. The number of piperazine rings is 1. The number of H-pyrrole nitrogens is 1. The van der Waals surface area contributed by atoms with Crippen LogP contribution in [0.3, 0.4) is 0 Å². The molecule has 1 aliphatic carbocycles. The molecule has 1 aromatic heterocycles. The first-order valence-electron chi connectivity index (χ1n) is 6.19. The number of nitrogens with one attached hydrogen (secondary N) is 2. The molecule has 1 atom stereocenters. The van der Waals surface area contributed by atoms with Crippen molar-refractivity contribution in [1.29, 1.82) is 0 Å². The van der Waals surface area contributed by atoms with Crippen molar-refractivity contribution in [3.63, 3.8) is 0 Å². The highest BCUT2D eigenvalue weighted by atomic mass is 16.2. The van der Waals surface area contributed by atoms with Crippen molar-refractivity contribution < 1.29 is 4.79 Å². The van der Waals surface area contributed by atoms with Gasteiger partial charge in [0.2, 0.25) is 5.82 Å². The molecule has 1 saturated heterocycles. The molecule has 0 radical (unpaired) electrons. The zero-order valence-electron chi connectivity index (χ0n) is 9.94. The van der Waals surface area contributed by atoms with E-state index in [1.165, 1.54) is 0 Å². The van der Waals surface area contributed by atoms with Gasteiger partial charge in [0.15, 0.2) is 0 Å². The molecule has 17 heavy (non-hydrogen) atoms. The third-order valence-corrected chi connectivity index (χ3v) is 3.42. The van der Waals surface area contributed by atoms with Crippen LogP contribution in [0.1, 0.15) is 42.1 Å². The van der Waals surface area contributed by atoms with Gasteiger partial charge in [-0.1, -0.05) is 0 Å². The van der Waals surface area contributed by atoms with Crippen LogP contribution in [0.2, 0.25) is 0 Å². The third-order valence-electron chi connectivity index (χ3n) is 3.42. The lowest BCUT2D eigenvalue weighted by molar-refractivity contribution is 0.0643. The minimum Gasteiger partial charge on any atom is -0.331 e. The summed E-state index contributed by atoms with van der Waals surface area (Å²) in [7, 11) is 0. The van der Waals surface area contributed by atoms with E-state index in [2.05, 4.69) is 20.5 Å². The molecule has 2 N–H and O–H groups in total. The van der Waals surface area contributed by atoms with Crippen molar-refractivity contribution in [2.45, 2.75) is 31.7 Å². The SMILES string of the molecule is C[C@H]1CNCCN1C(=O)c1n[nH]c(C2CC2)n1. The molecule has 6 heteroatoms. The molecular weight excluding hydrogens is 218 g/mol. The number of aromatic nitrogens is 3. The Kier molecular flexibility index (Phi) is 2.58. The van der Waals surface area contributed by atoms with Crippen LogP contribution < -0.4 is 5.32 Å². The molecule has 2 fully saturated rings. The fraction of sp³-hybridized carbons (Fsp3) is 0.727. The Morgan fingerprint density at radius 3 is 3.00 bits per heavy atom. The zero-order valence-corrected chi connectivity index (χ0v) is 9.94. The number of carbonyl (C=O) groups is 1. The Balaban J connectivity index is 1.75. The van der Waals surface area contributed by atoms with E-state index in [9.17, 15) is 4.79 Å². The quantitative estimate of drug-likeness (QED) is 0.763. The summed E-state index contributed by atoms with van der Waals surface area (Å²) in [6.45, 7) is 4.45. The molecule has 92 valence electrons. The molecular formula is C11H17N5O. The van der Waals surface area contributed by atoms with E-state index in [0.717, 1.165) is 38.3 Å². The highest BCUT2D eigenvalue weighted by Gasteiger charge is 2.30. The fourth-order valence-corrected chi connectivity index (χ4v) is 2.18. The van der Waals surface area contributed by atoms with E-state index in [1.54, 1.807) is 0 Å². The summed E-state index contributed by atoms with van der Waals surface area (Å²) in [4.78, 5) is 18.4. The van der Waals surface area contributed by atoms with Gasteiger partial charge in [0.1, 0.15) is 5.82 Å². The molecule has 0 aromatic carbocycles. The topological polar surface area (TPSA) is 73.9 Å². The number of rotatable bonds is 2. The Labute approximate surface area is 99.8 Å². The van der Waals surface area contributed by atoms with E-state index < -0.39 is 0 Å². The summed E-state index contributed by atoms with van der Waals surface area (Å²) in [5.41, 5.74) is 0. The lowest BCUT2D eigenvalue weighted by Crippen LogP contribution is -2.52. The number of nitrogens with zero attached hydrogens (tertiary/aromatic N) is 3. The predicted molar refractivity (Wildman–Crippen MR) is 61.7 cm³/mol. The predicted octanol–water partition coefficient (Wildman–Crippen LogP) is 0.116. The Morgan fingerprint density at radius 1 is 1.47 bits per heavy atom. The maximum atomic E-state index is 12.2. The van der Waals surface area contributed by atoms with E-state index in [0.29, 0.717) is 11.7 Å². The largest absolute Gasteiger partial charge is 0.331 e. The van der Waals surface area contributed by atoms with Crippen molar-refractivity contribution >= 4 is 5.91 Å². The van der Waals surface area contributed by atoms with Gasteiger partial charge in [0.25, 0.3) is 5.91 Å². The Bertz CT molecular complexity index is 425. The minimum atomic E-state index is -0.0536. The fourth-order valence-electron chi connectivity index (χ4n) is 2.18. The smallest absolute Gasteiger partial charge is 0.293 e. The van der Waals surface area contributed by atoms with Gasteiger partial charge in [0, 0.05) is 31.6 Å². The van der Waals surface area contributed by atoms with E-state index in [1.807, 2.05) is 11.8 Å². The monoisotopic (exact) mass is 235 g/mol. The zero-order chi connectivity index (χ0) is 11.8. The summed E-state index contributed by atoms with van der Waals surface area (Å²) >= 11 is 0.